The normalized spacial score (nSPS) is 16.8. The van der Waals surface area contributed by atoms with Gasteiger partial charge in [-0.25, -0.2) is 9.78 Å². The van der Waals surface area contributed by atoms with Gasteiger partial charge >= 0.3 is 5.97 Å². The van der Waals surface area contributed by atoms with Crippen LogP contribution in [0, 0.1) is 5.92 Å². The van der Waals surface area contributed by atoms with Crippen LogP contribution in [0.25, 0.3) is 0 Å². The molecule has 0 radical (unpaired) electrons. The number of carbonyl (C=O) groups is 1. The van der Waals surface area contributed by atoms with Gasteiger partial charge in [-0.2, -0.15) is 0 Å². The molecule has 1 aromatic heterocycles. The summed E-state index contributed by atoms with van der Waals surface area (Å²) in [4.78, 5) is 17.4. The van der Waals surface area contributed by atoms with Crippen LogP contribution >= 0.6 is 0 Å². The monoisotopic (exact) mass is 291 g/mol. The molecule has 5 nitrogen and oxygen atoms in total. The van der Waals surface area contributed by atoms with Crippen molar-refractivity contribution >= 4 is 11.8 Å². The van der Waals surface area contributed by atoms with E-state index < -0.39 is 5.97 Å². The number of nitrogens with one attached hydrogen (secondary N) is 1. The highest BCUT2D eigenvalue weighted by molar-refractivity contribution is 5.85. The van der Waals surface area contributed by atoms with Crippen molar-refractivity contribution in [2.45, 2.75) is 32.6 Å². The number of hydrogen-bond acceptors (Lipinski definition) is 4. The number of likely N-dealkylation sites (tertiary alicyclic amines) is 1. The van der Waals surface area contributed by atoms with E-state index in [0.717, 1.165) is 25.4 Å². The first kappa shape index (κ1) is 15.8. The van der Waals surface area contributed by atoms with Gasteiger partial charge in [0.2, 0.25) is 0 Å². The van der Waals surface area contributed by atoms with Gasteiger partial charge in [-0.05, 0) is 63.4 Å². The van der Waals surface area contributed by atoms with Crippen LogP contribution in [0.15, 0.2) is 18.2 Å². The molecule has 1 aromatic rings. The summed E-state index contributed by atoms with van der Waals surface area (Å²) in [6.07, 6.45) is 4.89. The Balaban J connectivity index is 1.61. The summed E-state index contributed by atoms with van der Waals surface area (Å²) in [7, 11) is 0. The van der Waals surface area contributed by atoms with E-state index in [0.29, 0.717) is 5.82 Å². The van der Waals surface area contributed by atoms with E-state index in [9.17, 15) is 4.79 Å². The van der Waals surface area contributed by atoms with Gasteiger partial charge in [0.1, 0.15) is 5.82 Å². The lowest BCUT2D eigenvalue weighted by Gasteiger charge is -2.30. The Morgan fingerprint density at radius 2 is 2.14 bits per heavy atom. The number of nitrogens with zero attached hydrogens (tertiary/aromatic N) is 2. The van der Waals surface area contributed by atoms with Crippen molar-refractivity contribution in [2.24, 2.45) is 5.92 Å². The minimum absolute atomic E-state index is 0.0856. The first-order chi connectivity index (χ1) is 10.1. The van der Waals surface area contributed by atoms with E-state index in [-0.39, 0.29) is 5.69 Å². The number of pyridine rings is 1. The van der Waals surface area contributed by atoms with Crippen LogP contribution in [0.3, 0.4) is 0 Å². The number of carboxylic acid groups (broad SMARTS) is 1. The van der Waals surface area contributed by atoms with Gasteiger partial charge in [0, 0.05) is 6.54 Å². The van der Waals surface area contributed by atoms with Gasteiger partial charge in [-0.1, -0.05) is 13.0 Å². The Hall–Kier alpha value is -1.62. The molecule has 0 saturated carbocycles. The average Bonchev–Trinajstić information content (AvgIpc) is 2.49. The highest BCUT2D eigenvalue weighted by Crippen LogP contribution is 2.16. The van der Waals surface area contributed by atoms with Crippen molar-refractivity contribution in [3.63, 3.8) is 0 Å². The molecule has 0 aromatic carbocycles. The fourth-order valence-corrected chi connectivity index (χ4v) is 2.61. The van der Waals surface area contributed by atoms with Crippen LogP contribution in [0.2, 0.25) is 0 Å². The molecule has 1 aliphatic rings. The Morgan fingerprint density at radius 1 is 1.38 bits per heavy atom. The number of hydrogen-bond donors (Lipinski definition) is 2. The smallest absolute Gasteiger partial charge is 0.354 e. The molecule has 2 heterocycles. The zero-order valence-corrected chi connectivity index (χ0v) is 12.7. The second-order valence-electron chi connectivity index (χ2n) is 5.87. The highest BCUT2D eigenvalue weighted by atomic mass is 16.4. The lowest BCUT2D eigenvalue weighted by Crippen LogP contribution is -2.33. The number of unbranched alkanes of at least 4 members (excludes halogenated alkanes) is 1. The fraction of sp³-hybridized carbons (Fsp3) is 0.625. The Bertz CT molecular complexity index is 457. The second kappa shape index (κ2) is 7.98. The molecular weight excluding hydrogens is 266 g/mol. The predicted molar refractivity (Wildman–Crippen MR) is 83.8 cm³/mol. The van der Waals surface area contributed by atoms with E-state index in [2.05, 4.69) is 22.1 Å². The van der Waals surface area contributed by atoms with Crippen LogP contribution in [-0.2, 0) is 0 Å². The standard InChI is InChI=1S/C16H25N3O2/c1-13-7-11-19(12-8-13)10-3-2-9-17-15-6-4-5-14(18-15)16(20)21/h4-6,13H,2-3,7-12H2,1H3,(H,17,18)(H,20,21). The van der Waals surface area contributed by atoms with Gasteiger partial charge in [-0.3, -0.25) is 0 Å². The van der Waals surface area contributed by atoms with E-state index in [1.165, 1.54) is 38.4 Å². The molecule has 0 bridgehead atoms. The summed E-state index contributed by atoms with van der Waals surface area (Å²) in [5, 5.41) is 12.1. The zero-order valence-electron chi connectivity index (χ0n) is 12.7. The Kier molecular flexibility index (Phi) is 5.99. The molecule has 2 N–H and O–H groups in total. The second-order valence-corrected chi connectivity index (χ2v) is 5.87. The quantitative estimate of drug-likeness (QED) is 0.756. The number of aromatic nitrogens is 1. The lowest BCUT2D eigenvalue weighted by molar-refractivity contribution is 0.0690. The van der Waals surface area contributed by atoms with Crippen LogP contribution in [0.1, 0.15) is 43.1 Å². The van der Waals surface area contributed by atoms with Crippen molar-refractivity contribution in [1.82, 2.24) is 9.88 Å². The maximum atomic E-state index is 10.8. The lowest BCUT2D eigenvalue weighted by atomic mass is 9.99. The van der Waals surface area contributed by atoms with Gasteiger partial charge in [-0.15, -0.1) is 0 Å². The largest absolute Gasteiger partial charge is 0.477 e. The van der Waals surface area contributed by atoms with Gasteiger partial charge in [0.25, 0.3) is 0 Å². The zero-order chi connectivity index (χ0) is 15.1. The number of aromatic carboxylic acids is 1. The van der Waals surface area contributed by atoms with Crippen molar-refractivity contribution in [1.29, 1.82) is 0 Å². The molecule has 1 saturated heterocycles. The van der Waals surface area contributed by atoms with E-state index in [4.69, 9.17) is 5.11 Å². The third-order valence-corrected chi connectivity index (χ3v) is 4.05. The van der Waals surface area contributed by atoms with Crippen molar-refractivity contribution in [2.75, 3.05) is 31.5 Å². The maximum Gasteiger partial charge on any atom is 0.354 e. The van der Waals surface area contributed by atoms with Gasteiger partial charge in [0.05, 0.1) is 0 Å². The van der Waals surface area contributed by atoms with Gasteiger partial charge < -0.3 is 15.3 Å². The van der Waals surface area contributed by atoms with Crippen molar-refractivity contribution in [3.8, 4) is 0 Å². The van der Waals surface area contributed by atoms with Crippen LogP contribution < -0.4 is 5.32 Å². The fourth-order valence-electron chi connectivity index (χ4n) is 2.61. The van der Waals surface area contributed by atoms with Gasteiger partial charge in [0.15, 0.2) is 5.69 Å². The summed E-state index contributed by atoms with van der Waals surface area (Å²) < 4.78 is 0. The highest BCUT2D eigenvalue weighted by Gasteiger charge is 2.14. The molecule has 0 unspecified atom stereocenters. The third-order valence-electron chi connectivity index (χ3n) is 4.05. The van der Waals surface area contributed by atoms with E-state index in [1.807, 2.05) is 0 Å². The minimum Gasteiger partial charge on any atom is -0.477 e. The minimum atomic E-state index is -0.988. The number of piperidine rings is 1. The van der Waals surface area contributed by atoms with E-state index in [1.54, 1.807) is 12.1 Å². The summed E-state index contributed by atoms with van der Waals surface area (Å²) in [6, 6.07) is 5.02. The van der Waals surface area contributed by atoms with Crippen LogP contribution in [-0.4, -0.2) is 47.1 Å². The van der Waals surface area contributed by atoms with Crippen LogP contribution in [0.4, 0.5) is 5.82 Å². The summed E-state index contributed by atoms with van der Waals surface area (Å²) in [5.41, 5.74) is 0.0856. The third kappa shape index (κ3) is 5.34. The van der Waals surface area contributed by atoms with Crippen LogP contribution in [0.5, 0.6) is 0 Å². The first-order valence-corrected chi connectivity index (χ1v) is 7.82. The summed E-state index contributed by atoms with van der Waals surface area (Å²) >= 11 is 0. The molecule has 0 aliphatic carbocycles. The predicted octanol–water partition coefficient (Wildman–Crippen LogP) is 2.70. The maximum absolute atomic E-state index is 10.8. The van der Waals surface area contributed by atoms with E-state index >= 15 is 0 Å². The molecule has 2 rings (SSSR count). The molecule has 1 aliphatic heterocycles. The summed E-state index contributed by atoms with van der Waals surface area (Å²) in [5.74, 6) is 0.537. The summed E-state index contributed by atoms with van der Waals surface area (Å²) in [6.45, 7) is 6.80. The topological polar surface area (TPSA) is 65.5 Å². The average molecular weight is 291 g/mol. The van der Waals surface area contributed by atoms with Crippen molar-refractivity contribution < 1.29 is 9.90 Å². The Labute approximate surface area is 126 Å². The molecule has 1 fully saturated rings. The number of carboxylic acids is 1. The molecule has 5 heteroatoms. The number of anilines is 1. The molecular formula is C16H25N3O2. The molecule has 0 atom stereocenters. The van der Waals surface area contributed by atoms with Crippen molar-refractivity contribution in [3.05, 3.63) is 23.9 Å². The molecule has 0 amide bonds. The molecule has 21 heavy (non-hydrogen) atoms. The molecule has 0 spiro atoms. The molecule has 116 valence electrons. The first-order valence-electron chi connectivity index (χ1n) is 7.82. The Morgan fingerprint density at radius 3 is 2.86 bits per heavy atom. The SMILES string of the molecule is CC1CCN(CCCCNc2cccc(C(=O)O)n2)CC1. The number of rotatable bonds is 7.